The Labute approximate surface area is 190 Å². The molecule has 1 aliphatic heterocycles. The normalized spacial score (nSPS) is 14.5. The molecule has 3 aromatic rings. The van der Waals surface area contributed by atoms with E-state index in [1.807, 2.05) is 24.3 Å². The van der Waals surface area contributed by atoms with Crippen LogP contribution in [0, 0.1) is 6.92 Å². The Morgan fingerprint density at radius 1 is 1.18 bits per heavy atom. The SMILES string of the molecule is Cc1nc(CNC(=O)CN2CCOCCOc3ccccc3Nc3ncccc3C2=O)no1. The molecule has 2 N–H and O–H groups in total. The van der Waals surface area contributed by atoms with Gasteiger partial charge in [-0.15, -0.1) is 0 Å². The van der Waals surface area contributed by atoms with Crippen LogP contribution in [0.15, 0.2) is 47.1 Å². The van der Waals surface area contributed by atoms with Crippen LogP contribution >= 0.6 is 0 Å². The van der Waals surface area contributed by atoms with Crippen LogP contribution in [-0.2, 0) is 16.1 Å². The first-order chi connectivity index (χ1) is 16.1. The number of rotatable bonds is 4. The highest BCUT2D eigenvalue weighted by atomic mass is 16.5. The van der Waals surface area contributed by atoms with Gasteiger partial charge in [0.15, 0.2) is 5.82 Å². The zero-order valence-corrected chi connectivity index (χ0v) is 18.1. The number of para-hydroxylation sites is 2. The fourth-order valence-electron chi connectivity index (χ4n) is 3.23. The van der Waals surface area contributed by atoms with Crippen LogP contribution in [0.5, 0.6) is 5.75 Å². The summed E-state index contributed by atoms with van der Waals surface area (Å²) in [5.74, 6) is 1.05. The molecule has 0 bridgehead atoms. The van der Waals surface area contributed by atoms with Gasteiger partial charge < -0.3 is 29.5 Å². The first-order valence-corrected chi connectivity index (χ1v) is 10.5. The monoisotopic (exact) mass is 452 g/mol. The average Bonchev–Trinajstić information content (AvgIpc) is 3.25. The second kappa shape index (κ2) is 10.6. The van der Waals surface area contributed by atoms with Gasteiger partial charge in [0.2, 0.25) is 11.8 Å². The van der Waals surface area contributed by atoms with Gasteiger partial charge in [0.25, 0.3) is 5.91 Å². The van der Waals surface area contributed by atoms with Crippen molar-refractivity contribution in [3.63, 3.8) is 0 Å². The highest BCUT2D eigenvalue weighted by molar-refractivity contribution is 6.01. The Morgan fingerprint density at radius 2 is 2.06 bits per heavy atom. The summed E-state index contributed by atoms with van der Waals surface area (Å²) in [7, 11) is 0. The number of benzene rings is 1. The molecule has 0 aliphatic carbocycles. The van der Waals surface area contributed by atoms with Gasteiger partial charge in [0.1, 0.15) is 18.2 Å². The Hall–Kier alpha value is -3.99. The molecule has 0 unspecified atom stereocenters. The second-order valence-electron chi connectivity index (χ2n) is 7.21. The fraction of sp³-hybridized carbons (Fsp3) is 0.318. The largest absolute Gasteiger partial charge is 0.489 e. The molecule has 0 spiro atoms. The van der Waals surface area contributed by atoms with E-state index in [4.69, 9.17) is 14.0 Å². The van der Waals surface area contributed by atoms with Crippen molar-refractivity contribution in [3.8, 4) is 5.75 Å². The summed E-state index contributed by atoms with van der Waals surface area (Å²) in [5.41, 5.74) is 0.998. The first-order valence-electron chi connectivity index (χ1n) is 10.5. The summed E-state index contributed by atoms with van der Waals surface area (Å²) >= 11 is 0. The van der Waals surface area contributed by atoms with E-state index in [0.717, 1.165) is 0 Å². The quantitative estimate of drug-likeness (QED) is 0.607. The second-order valence-corrected chi connectivity index (χ2v) is 7.21. The molecule has 1 aromatic carbocycles. The van der Waals surface area contributed by atoms with Crippen LogP contribution in [0.1, 0.15) is 22.1 Å². The third-order valence-corrected chi connectivity index (χ3v) is 4.80. The lowest BCUT2D eigenvalue weighted by molar-refractivity contribution is -0.122. The lowest BCUT2D eigenvalue weighted by Gasteiger charge is -2.23. The van der Waals surface area contributed by atoms with Crippen LogP contribution < -0.4 is 15.4 Å². The van der Waals surface area contributed by atoms with E-state index in [1.54, 1.807) is 25.3 Å². The molecule has 0 radical (unpaired) electrons. The molecule has 0 fully saturated rings. The maximum Gasteiger partial charge on any atom is 0.258 e. The molecule has 172 valence electrons. The number of aryl methyl sites for hydroxylation is 1. The maximum absolute atomic E-state index is 13.4. The van der Waals surface area contributed by atoms with E-state index in [2.05, 4.69) is 25.8 Å². The first kappa shape index (κ1) is 22.2. The van der Waals surface area contributed by atoms with Crippen molar-refractivity contribution in [2.45, 2.75) is 13.5 Å². The number of hydrogen-bond acceptors (Lipinski definition) is 9. The number of aromatic nitrogens is 3. The molecule has 2 aromatic heterocycles. The van der Waals surface area contributed by atoms with Gasteiger partial charge >= 0.3 is 0 Å². The number of pyridine rings is 1. The van der Waals surface area contributed by atoms with E-state index in [0.29, 0.717) is 47.7 Å². The number of nitrogens with zero attached hydrogens (tertiary/aromatic N) is 4. The zero-order chi connectivity index (χ0) is 23.0. The minimum atomic E-state index is -0.359. The predicted octanol–water partition coefficient (Wildman–Crippen LogP) is 1.68. The molecule has 0 saturated carbocycles. The molecule has 11 heteroatoms. The van der Waals surface area contributed by atoms with Crippen molar-refractivity contribution in [3.05, 3.63) is 59.9 Å². The molecule has 0 saturated heterocycles. The van der Waals surface area contributed by atoms with Gasteiger partial charge in [-0.2, -0.15) is 4.98 Å². The maximum atomic E-state index is 13.4. The van der Waals surface area contributed by atoms with E-state index in [-0.39, 0.29) is 38.1 Å². The number of hydrogen-bond donors (Lipinski definition) is 2. The average molecular weight is 452 g/mol. The van der Waals surface area contributed by atoms with Crippen LogP contribution in [0.3, 0.4) is 0 Å². The fourth-order valence-corrected chi connectivity index (χ4v) is 3.23. The summed E-state index contributed by atoms with van der Waals surface area (Å²) in [5, 5.41) is 9.63. The smallest absolute Gasteiger partial charge is 0.258 e. The van der Waals surface area contributed by atoms with E-state index >= 15 is 0 Å². The highest BCUT2D eigenvalue weighted by Crippen LogP contribution is 2.28. The molecule has 11 nitrogen and oxygen atoms in total. The van der Waals surface area contributed by atoms with Crippen molar-refractivity contribution < 1.29 is 23.6 Å². The van der Waals surface area contributed by atoms with Crippen molar-refractivity contribution in [2.24, 2.45) is 0 Å². The molecule has 0 atom stereocenters. The Kier molecular flexibility index (Phi) is 7.10. The van der Waals surface area contributed by atoms with Gasteiger partial charge in [0.05, 0.1) is 37.6 Å². The predicted molar refractivity (Wildman–Crippen MR) is 117 cm³/mol. The molecular formula is C22H24N6O5. The Bertz CT molecular complexity index is 1120. The van der Waals surface area contributed by atoms with Crippen LogP contribution in [0.4, 0.5) is 11.5 Å². The van der Waals surface area contributed by atoms with Crippen LogP contribution in [-0.4, -0.2) is 64.7 Å². The van der Waals surface area contributed by atoms with Crippen molar-refractivity contribution >= 4 is 23.3 Å². The Balaban J connectivity index is 1.53. The summed E-state index contributed by atoms with van der Waals surface area (Å²) in [6, 6.07) is 10.7. The molecule has 3 heterocycles. The minimum absolute atomic E-state index is 0.0997. The standard InChI is InChI=1S/C22H24N6O5/c1-15-25-19(27-33-15)13-24-20(29)14-28-9-10-31-11-12-32-18-7-3-2-6-17(18)26-21-16(22(28)30)5-4-8-23-21/h2-8H,9-14H2,1H3,(H,23,26)(H,24,29). The van der Waals surface area contributed by atoms with Gasteiger partial charge in [-0.1, -0.05) is 17.3 Å². The van der Waals surface area contributed by atoms with Crippen molar-refractivity contribution in [2.75, 3.05) is 38.2 Å². The molecular weight excluding hydrogens is 428 g/mol. The van der Waals surface area contributed by atoms with Crippen LogP contribution in [0.25, 0.3) is 0 Å². The number of carbonyl (C=O) groups excluding carboxylic acids is 2. The van der Waals surface area contributed by atoms with E-state index < -0.39 is 0 Å². The van der Waals surface area contributed by atoms with Crippen LogP contribution in [0.2, 0.25) is 0 Å². The topological polar surface area (TPSA) is 132 Å². The lowest BCUT2D eigenvalue weighted by atomic mass is 10.2. The van der Waals surface area contributed by atoms with Gasteiger partial charge in [-0.3, -0.25) is 9.59 Å². The third-order valence-electron chi connectivity index (χ3n) is 4.80. The number of fused-ring (bicyclic) bond motifs is 2. The van der Waals surface area contributed by atoms with Gasteiger partial charge in [-0.05, 0) is 24.3 Å². The molecule has 4 rings (SSSR count). The lowest BCUT2D eigenvalue weighted by Crippen LogP contribution is -2.42. The van der Waals surface area contributed by atoms with Crippen molar-refractivity contribution in [1.82, 2.24) is 25.3 Å². The number of nitrogens with one attached hydrogen (secondary N) is 2. The minimum Gasteiger partial charge on any atom is -0.489 e. The molecule has 2 amide bonds. The molecule has 33 heavy (non-hydrogen) atoms. The number of carbonyl (C=O) groups is 2. The number of anilines is 2. The van der Waals surface area contributed by atoms with Gasteiger partial charge in [0, 0.05) is 19.7 Å². The summed E-state index contributed by atoms with van der Waals surface area (Å²) in [6.45, 7) is 2.74. The Morgan fingerprint density at radius 3 is 2.91 bits per heavy atom. The summed E-state index contributed by atoms with van der Waals surface area (Å²) < 4.78 is 16.3. The number of amides is 2. The third kappa shape index (κ3) is 5.83. The van der Waals surface area contributed by atoms with E-state index in [1.165, 1.54) is 4.90 Å². The van der Waals surface area contributed by atoms with Gasteiger partial charge in [-0.25, -0.2) is 4.98 Å². The summed E-state index contributed by atoms with van der Waals surface area (Å²) in [6.07, 6.45) is 1.59. The highest BCUT2D eigenvalue weighted by Gasteiger charge is 2.23. The van der Waals surface area contributed by atoms with Crippen molar-refractivity contribution in [1.29, 1.82) is 0 Å². The molecule has 1 aliphatic rings. The van der Waals surface area contributed by atoms with E-state index in [9.17, 15) is 9.59 Å². The number of ether oxygens (including phenoxy) is 2. The summed E-state index contributed by atoms with van der Waals surface area (Å²) in [4.78, 5) is 35.8. The zero-order valence-electron chi connectivity index (χ0n) is 18.1.